The summed E-state index contributed by atoms with van der Waals surface area (Å²) >= 11 is 1.24. The molecule has 0 bridgehead atoms. The molecule has 8 heteroatoms. The Bertz CT molecular complexity index is 1240. The molecular formula is C22H16FN3O3S. The summed E-state index contributed by atoms with van der Waals surface area (Å²) in [7, 11) is 1.48. The summed E-state index contributed by atoms with van der Waals surface area (Å²) in [4.78, 5) is 29.2. The zero-order chi connectivity index (χ0) is 21.1. The summed E-state index contributed by atoms with van der Waals surface area (Å²) in [5, 5.41) is 5.84. The topological polar surface area (TPSA) is 80.3 Å². The van der Waals surface area contributed by atoms with E-state index in [0.29, 0.717) is 32.3 Å². The summed E-state index contributed by atoms with van der Waals surface area (Å²) < 4.78 is 20.0. The van der Waals surface area contributed by atoms with Gasteiger partial charge in [0.15, 0.2) is 5.13 Å². The van der Waals surface area contributed by atoms with Crippen LogP contribution in [0.4, 0.5) is 15.2 Å². The Kier molecular flexibility index (Phi) is 5.40. The first-order valence-electron chi connectivity index (χ1n) is 8.96. The molecule has 150 valence electrons. The molecule has 0 radical (unpaired) electrons. The Morgan fingerprint density at radius 2 is 1.70 bits per heavy atom. The molecule has 0 aliphatic heterocycles. The van der Waals surface area contributed by atoms with Crippen molar-refractivity contribution in [3.8, 4) is 5.75 Å². The fourth-order valence-electron chi connectivity index (χ4n) is 2.88. The minimum atomic E-state index is -0.605. The number of hydrogen-bond donors (Lipinski definition) is 2. The average molecular weight is 421 g/mol. The second-order valence-electron chi connectivity index (χ2n) is 6.30. The first-order chi connectivity index (χ1) is 14.5. The Morgan fingerprint density at radius 3 is 2.43 bits per heavy atom. The maximum Gasteiger partial charge on any atom is 0.258 e. The molecule has 0 saturated heterocycles. The van der Waals surface area contributed by atoms with Crippen LogP contribution in [0, 0.1) is 5.82 Å². The minimum absolute atomic E-state index is 0.0586. The van der Waals surface area contributed by atoms with Crippen molar-refractivity contribution in [1.29, 1.82) is 0 Å². The fourth-order valence-corrected chi connectivity index (χ4v) is 3.80. The molecule has 0 unspecified atom stereocenters. The lowest BCUT2D eigenvalue weighted by Crippen LogP contribution is -2.13. The van der Waals surface area contributed by atoms with Crippen LogP contribution >= 0.6 is 11.3 Å². The molecule has 4 rings (SSSR count). The van der Waals surface area contributed by atoms with Crippen molar-refractivity contribution in [2.45, 2.75) is 0 Å². The van der Waals surface area contributed by atoms with Crippen molar-refractivity contribution in [3.63, 3.8) is 0 Å². The van der Waals surface area contributed by atoms with E-state index in [9.17, 15) is 14.0 Å². The van der Waals surface area contributed by atoms with E-state index in [-0.39, 0.29) is 11.5 Å². The van der Waals surface area contributed by atoms with Crippen molar-refractivity contribution >= 4 is 44.2 Å². The van der Waals surface area contributed by atoms with Gasteiger partial charge in [-0.25, -0.2) is 9.37 Å². The second-order valence-corrected chi connectivity index (χ2v) is 7.33. The van der Waals surface area contributed by atoms with Crippen LogP contribution in [0.1, 0.15) is 20.7 Å². The lowest BCUT2D eigenvalue weighted by atomic mass is 10.2. The van der Waals surface area contributed by atoms with Crippen LogP contribution in [0.15, 0.2) is 66.7 Å². The monoisotopic (exact) mass is 421 g/mol. The Balaban J connectivity index is 1.61. The molecule has 30 heavy (non-hydrogen) atoms. The molecule has 0 aliphatic carbocycles. The number of halogens is 1. The van der Waals surface area contributed by atoms with Crippen molar-refractivity contribution < 1.29 is 18.7 Å². The molecule has 3 aromatic carbocycles. The third kappa shape index (κ3) is 3.99. The highest BCUT2D eigenvalue weighted by molar-refractivity contribution is 7.22. The van der Waals surface area contributed by atoms with Crippen LogP contribution in [0.3, 0.4) is 0 Å². The van der Waals surface area contributed by atoms with Gasteiger partial charge in [0.05, 0.1) is 17.4 Å². The van der Waals surface area contributed by atoms with Gasteiger partial charge < -0.3 is 10.1 Å². The van der Waals surface area contributed by atoms with Gasteiger partial charge in [-0.1, -0.05) is 41.7 Å². The number of nitrogens with one attached hydrogen (secondary N) is 2. The number of ether oxygens (including phenoxy) is 1. The predicted octanol–water partition coefficient (Wildman–Crippen LogP) is 4.95. The van der Waals surface area contributed by atoms with Crippen molar-refractivity contribution in [2.75, 3.05) is 17.7 Å². The number of rotatable bonds is 5. The summed E-state index contributed by atoms with van der Waals surface area (Å²) in [6, 6.07) is 17.8. The number of benzene rings is 3. The number of aromatic nitrogens is 1. The van der Waals surface area contributed by atoms with Gasteiger partial charge in [0.25, 0.3) is 11.8 Å². The maximum atomic E-state index is 13.9. The van der Waals surface area contributed by atoms with Gasteiger partial charge in [-0.05, 0) is 30.3 Å². The largest absolute Gasteiger partial charge is 0.494 e. The van der Waals surface area contributed by atoms with Crippen LogP contribution in [-0.2, 0) is 0 Å². The molecule has 0 spiro atoms. The molecule has 1 aromatic heterocycles. The number of carbonyl (C=O) groups excluding carboxylic acids is 2. The Morgan fingerprint density at radius 1 is 0.967 bits per heavy atom. The van der Waals surface area contributed by atoms with Gasteiger partial charge in [-0.3, -0.25) is 14.9 Å². The lowest BCUT2D eigenvalue weighted by Gasteiger charge is -2.08. The van der Waals surface area contributed by atoms with Gasteiger partial charge in [0.1, 0.15) is 17.1 Å². The SMILES string of the molecule is COc1cc(NC(=O)c2ccccc2F)cc2sc(NC(=O)c3ccccc3)nc12. The molecule has 0 fully saturated rings. The standard InChI is InChI=1S/C22H16FN3O3S/c1-29-17-11-14(24-21(28)15-9-5-6-10-16(15)23)12-18-19(17)25-22(30-18)26-20(27)13-7-3-2-4-8-13/h2-12H,1H3,(H,24,28)(H,25,26,27). The smallest absolute Gasteiger partial charge is 0.258 e. The van der Waals surface area contributed by atoms with Crippen LogP contribution in [0.2, 0.25) is 0 Å². The molecule has 0 aliphatic rings. The van der Waals surface area contributed by atoms with E-state index < -0.39 is 11.7 Å². The van der Waals surface area contributed by atoms with Crippen molar-refractivity contribution in [1.82, 2.24) is 4.98 Å². The summed E-state index contributed by atoms with van der Waals surface area (Å²) in [5.74, 6) is -1.03. The molecule has 4 aromatic rings. The third-order valence-electron chi connectivity index (χ3n) is 4.31. The Hall–Kier alpha value is -3.78. The highest BCUT2D eigenvalue weighted by atomic mass is 32.1. The normalized spacial score (nSPS) is 10.6. The molecule has 1 heterocycles. The number of nitrogens with zero attached hydrogens (tertiary/aromatic N) is 1. The first-order valence-corrected chi connectivity index (χ1v) is 9.77. The van der Waals surface area contributed by atoms with E-state index in [4.69, 9.17) is 4.74 Å². The van der Waals surface area contributed by atoms with Crippen LogP contribution in [0.5, 0.6) is 5.75 Å². The van der Waals surface area contributed by atoms with Crippen LogP contribution in [0.25, 0.3) is 10.2 Å². The molecular weight excluding hydrogens is 405 g/mol. The van der Waals surface area contributed by atoms with E-state index in [0.717, 1.165) is 0 Å². The number of methoxy groups -OCH3 is 1. The minimum Gasteiger partial charge on any atom is -0.494 e. The maximum absolute atomic E-state index is 13.9. The number of amides is 2. The molecule has 2 amide bonds. The summed E-state index contributed by atoms with van der Waals surface area (Å²) in [6.07, 6.45) is 0. The number of thiazole rings is 1. The Labute approximate surface area is 175 Å². The number of carbonyl (C=O) groups is 2. The number of hydrogen-bond acceptors (Lipinski definition) is 5. The van der Waals surface area contributed by atoms with Gasteiger partial charge in [0.2, 0.25) is 0 Å². The van der Waals surface area contributed by atoms with E-state index in [1.54, 1.807) is 42.5 Å². The molecule has 0 saturated carbocycles. The van der Waals surface area contributed by atoms with E-state index in [1.807, 2.05) is 6.07 Å². The number of anilines is 2. The van der Waals surface area contributed by atoms with Gasteiger partial charge in [-0.15, -0.1) is 0 Å². The van der Waals surface area contributed by atoms with Crippen LogP contribution in [-0.4, -0.2) is 23.9 Å². The lowest BCUT2D eigenvalue weighted by molar-refractivity contribution is 0.101. The quantitative estimate of drug-likeness (QED) is 0.478. The molecule has 6 nitrogen and oxygen atoms in total. The zero-order valence-electron chi connectivity index (χ0n) is 15.8. The van der Waals surface area contributed by atoms with Crippen molar-refractivity contribution in [3.05, 3.63) is 83.7 Å². The molecule has 0 atom stereocenters. The summed E-state index contributed by atoms with van der Waals surface area (Å²) in [5.41, 5.74) is 1.44. The highest BCUT2D eigenvalue weighted by Gasteiger charge is 2.16. The third-order valence-corrected chi connectivity index (χ3v) is 5.23. The predicted molar refractivity (Wildman–Crippen MR) is 115 cm³/mol. The van der Waals surface area contributed by atoms with Gasteiger partial charge >= 0.3 is 0 Å². The van der Waals surface area contributed by atoms with Crippen LogP contribution < -0.4 is 15.4 Å². The van der Waals surface area contributed by atoms with Crippen molar-refractivity contribution in [2.24, 2.45) is 0 Å². The summed E-state index contributed by atoms with van der Waals surface area (Å²) in [6.45, 7) is 0. The second kappa shape index (κ2) is 8.30. The average Bonchev–Trinajstić information content (AvgIpc) is 3.16. The fraction of sp³-hybridized carbons (Fsp3) is 0.0455. The molecule has 2 N–H and O–H groups in total. The van der Waals surface area contributed by atoms with Gasteiger partial charge in [0, 0.05) is 17.3 Å². The van der Waals surface area contributed by atoms with Gasteiger partial charge in [-0.2, -0.15) is 0 Å². The van der Waals surface area contributed by atoms with E-state index in [2.05, 4.69) is 15.6 Å². The first kappa shape index (κ1) is 19.5. The number of fused-ring (bicyclic) bond motifs is 1. The highest BCUT2D eigenvalue weighted by Crippen LogP contribution is 2.35. The van der Waals surface area contributed by atoms with E-state index in [1.165, 1.54) is 36.6 Å². The zero-order valence-corrected chi connectivity index (χ0v) is 16.6. The van der Waals surface area contributed by atoms with E-state index >= 15 is 0 Å².